The fraction of sp³-hybridized carbons (Fsp3) is 0.385. The zero-order chi connectivity index (χ0) is 11.4. The van der Waals surface area contributed by atoms with Gasteiger partial charge in [0.2, 0.25) is 0 Å². The normalized spacial score (nSPS) is 21.9. The van der Waals surface area contributed by atoms with Gasteiger partial charge in [0.05, 0.1) is 11.0 Å². The smallest absolute Gasteiger partial charge is 0.189 e. The summed E-state index contributed by atoms with van der Waals surface area (Å²) in [5, 5.41) is 0. The Morgan fingerprint density at radius 1 is 1.31 bits per heavy atom. The Balaban J connectivity index is 1.99. The minimum atomic E-state index is -1.34. The monoisotopic (exact) mass is 236 g/mol. The highest BCUT2D eigenvalue weighted by Crippen LogP contribution is 2.18. The van der Waals surface area contributed by atoms with E-state index in [-0.39, 0.29) is 6.10 Å². The summed E-state index contributed by atoms with van der Waals surface area (Å²) in [7, 11) is 0. The molecule has 2 atom stereocenters. The van der Waals surface area contributed by atoms with E-state index in [1.165, 1.54) is 5.56 Å². The van der Waals surface area contributed by atoms with Crippen LogP contribution in [0.5, 0.6) is 0 Å². The molecule has 1 aliphatic carbocycles. The van der Waals surface area contributed by atoms with E-state index in [1.54, 1.807) is 0 Å². The molecule has 3 heteroatoms. The maximum Gasteiger partial charge on any atom is 0.189 e. The van der Waals surface area contributed by atoms with E-state index < -0.39 is 11.1 Å². The van der Waals surface area contributed by atoms with Gasteiger partial charge in [-0.15, -0.1) is 0 Å². The van der Waals surface area contributed by atoms with Gasteiger partial charge in [0, 0.05) is 0 Å². The molecule has 0 saturated carbocycles. The third-order valence-electron chi connectivity index (χ3n) is 2.63. The van der Waals surface area contributed by atoms with Crippen LogP contribution in [0.3, 0.4) is 0 Å². The largest absolute Gasteiger partial charge is 0.279 e. The molecule has 0 bridgehead atoms. The van der Waals surface area contributed by atoms with Crippen molar-refractivity contribution in [3.63, 3.8) is 0 Å². The number of benzene rings is 1. The number of aryl methyl sites for hydroxylation is 1. The van der Waals surface area contributed by atoms with Gasteiger partial charge < -0.3 is 0 Å². The van der Waals surface area contributed by atoms with Crippen LogP contribution in [-0.2, 0) is 15.3 Å². The van der Waals surface area contributed by atoms with Gasteiger partial charge in [-0.2, -0.15) is 0 Å². The molecular formula is C13H16O2S. The fourth-order valence-corrected chi connectivity index (χ4v) is 2.53. The summed E-state index contributed by atoms with van der Waals surface area (Å²) < 4.78 is 17.4. The summed E-state index contributed by atoms with van der Waals surface area (Å²) in [4.78, 5) is 0.740. The molecule has 0 fully saturated rings. The topological polar surface area (TPSA) is 26.3 Å². The average Bonchev–Trinajstić information content (AvgIpc) is 2.31. The quantitative estimate of drug-likeness (QED) is 0.754. The minimum absolute atomic E-state index is 0.0101. The Bertz CT molecular complexity index is 395. The molecule has 0 amide bonds. The summed E-state index contributed by atoms with van der Waals surface area (Å²) in [6, 6.07) is 7.62. The van der Waals surface area contributed by atoms with E-state index in [2.05, 4.69) is 6.08 Å². The summed E-state index contributed by atoms with van der Waals surface area (Å²) in [6.45, 7) is 2.01. The van der Waals surface area contributed by atoms with E-state index >= 15 is 0 Å². The minimum Gasteiger partial charge on any atom is -0.279 e. The van der Waals surface area contributed by atoms with Crippen molar-refractivity contribution < 1.29 is 8.39 Å². The first-order chi connectivity index (χ1) is 7.75. The van der Waals surface area contributed by atoms with Gasteiger partial charge in [-0.1, -0.05) is 29.8 Å². The van der Waals surface area contributed by atoms with Crippen LogP contribution in [0.2, 0.25) is 0 Å². The molecule has 0 spiro atoms. The second-order valence-electron chi connectivity index (χ2n) is 4.04. The molecule has 0 aromatic heterocycles. The summed E-state index contributed by atoms with van der Waals surface area (Å²) in [6.07, 6.45) is 7.31. The van der Waals surface area contributed by atoms with Gasteiger partial charge in [0.15, 0.2) is 11.1 Å². The zero-order valence-electron chi connectivity index (χ0n) is 9.39. The second kappa shape index (κ2) is 5.41. The molecule has 0 saturated heterocycles. The van der Waals surface area contributed by atoms with Gasteiger partial charge in [0.25, 0.3) is 0 Å². The maximum atomic E-state index is 11.9. The Morgan fingerprint density at radius 3 is 2.69 bits per heavy atom. The van der Waals surface area contributed by atoms with Gasteiger partial charge in [-0.25, -0.2) is 4.21 Å². The lowest BCUT2D eigenvalue weighted by atomic mass is 10.1. The third kappa shape index (κ3) is 3.03. The molecule has 0 radical (unpaired) electrons. The van der Waals surface area contributed by atoms with Crippen LogP contribution in [0.1, 0.15) is 24.8 Å². The van der Waals surface area contributed by atoms with Crippen LogP contribution in [-0.4, -0.2) is 10.3 Å². The SMILES string of the molecule is Cc1ccc(S(=O)O[C@H]2C=CCCC2)cc1. The van der Waals surface area contributed by atoms with E-state index in [0.29, 0.717) is 0 Å². The first kappa shape index (κ1) is 11.6. The molecule has 86 valence electrons. The van der Waals surface area contributed by atoms with Crippen molar-refractivity contribution in [3.05, 3.63) is 42.0 Å². The van der Waals surface area contributed by atoms with Crippen LogP contribution < -0.4 is 0 Å². The maximum absolute atomic E-state index is 11.9. The van der Waals surface area contributed by atoms with E-state index in [9.17, 15) is 4.21 Å². The van der Waals surface area contributed by atoms with Gasteiger partial charge in [0.1, 0.15) is 0 Å². The van der Waals surface area contributed by atoms with Crippen molar-refractivity contribution >= 4 is 11.1 Å². The van der Waals surface area contributed by atoms with Crippen LogP contribution in [0, 0.1) is 6.92 Å². The highest BCUT2D eigenvalue weighted by atomic mass is 32.2. The Morgan fingerprint density at radius 2 is 2.06 bits per heavy atom. The number of rotatable bonds is 3. The van der Waals surface area contributed by atoms with Crippen LogP contribution >= 0.6 is 0 Å². The van der Waals surface area contributed by atoms with Crippen LogP contribution in [0.4, 0.5) is 0 Å². The summed E-state index contributed by atoms with van der Waals surface area (Å²) in [5.74, 6) is 0. The van der Waals surface area contributed by atoms with E-state index in [1.807, 2.05) is 37.3 Å². The number of hydrogen-bond donors (Lipinski definition) is 0. The van der Waals surface area contributed by atoms with Gasteiger partial charge >= 0.3 is 0 Å². The van der Waals surface area contributed by atoms with Crippen LogP contribution in [0.15, 0.2) is 41.3 Å². The van der Waals surface area contributed by atoms with Crippen molar-refractivity contribution in [1.29, 1.82) is 0 Å². The van der Waals surface area contributed by atoms with Gasteiger partial charge in [-0.3, -0.25) is 4.18 Å². The molecule has 2 rings (SSSR count). The van der Waals surface area contributed by atoms with Crippen molar-refractivity contribution in [3.8, 4) is 0 Å². The molecule has 0 heterocycles. The molecule has 0 aliphatic heterocycles. The summed E-state index contributed by atoms with van der Waals surface area (Å²) >= 11 is -1.34. The lowest BCUT2D eigenvalue weighted by molar-refractivity contribution is 0.255. The third-order valence-corrected chi connectivity index (χ3v) is 3.71. The molecule has 1 aliphatic rings. The van der Waals surface area contributed by atoms with Gasteiger partial charge in [-0.05, 0) is 38.3 Å². The van der Waals surface area contributed by atoms with Crippen molar-refractivity contribution in [2.24, 2.45) is 0 Å². The zero-order valence-corrected chi connectivity index (χ0v) is 10.2. The molecule has 1 aromatic rings. The Labute approximate surface area is 99.0 Å². The first-order valence-corrected chi connectivity index (χ1v) is 6.65. The molecule has 1 aromatic carbocycles. The first-order valence-electron chi connectivity index (χ1n) is 5.58. The Kier molecular flexibility index (Phi) is 3.91. The van der Waals surface area contributed by atoms with E-state index in [0.717, 1.165) is 24.2 Å². The number of allylic oxidation sites excluding steroid dienone is 1. The summed E-state index contributed by atoms with van der Waals surface area (Å²) in [5.41, 5.74) is 1.17. The predicted molar refractivity (Wildman–Crippen MR) is 65.5 cm³/mol. The lowest BCUT2D eigenvalue weighted by Gasteiger charge is -2.15. The average molecular weight is 236 g/mol. The lowest BCUT2D eigenvalue weighted by Crippen LogP contribution is -2.14. The number of hydrogen-bond acceptors (Lipinski definition) is 2. The Hall–Kier alpha value is -0.930. The van der Waals surface area contributed by atoms with Crippen molar-refractivity contribution in [2.75, 3.05) is 0 Å². The van der Waals surface area contributed by atoms with Crippen molar-refractivity contribution in [2.45, 2.75) is 37.2 Å². The van der Waals surface area contributed by atoms with Crippen LogP contribution in [0.25, 0.3) is 0 Å². The highest BCUT2D eigenvalue weighted by Gasteiger charge is 2.13. The van der Waals surface area contributed by atoms with Crippen molar-refractivity contribution in [1.82, 2.24) is 0 Å². The van der Waals surface area contributed by atoms with E-state index in [4.69, 9.17) is 4.18 Å². The highest BCUT2D eigenvalue weighted by molar-refractivity contribution is 7.80. The molecule has 0 N–H and O–H groups in total. The molecular weight excluding hydrogens is 220 g/mol. The second-order valence-corrected chi connectivity index (χ2v) is 5.17. The molecule has 1 unspecified atom stereocenters. The molecule has 2 nitrogen and oxygen atoms in total. The predicted octanol–water partition coefficient (Wildman–Crippen LogP) is 3.14. The standard InChI is InChI=1S/C13H16O2S/c1-11-7-9-13(10-8-11)16(14)15-12-5-3-2-4-6-12/h3,5,7-10,12H,2,4,6H2,1H3/t12-,16?/m0/s1. The fourth-order valence-electron chi connectivity index (χ4n) is 1.68. The molecule has 16 heavy (non-hydrogen) atoms.